The zero-order valence-electron chi connectivity index (χ0n) is 24.0. The molecule has 0 saturated carbocycles. The average molecular weight is 537 g/mol. The van der Waals surface area contributed by atoms with Crippen molar-refractivity contribution in [3.05, 3.63) is 150 Å². The maximum Gasteiger partial charge on any atom is 0.0150 e. The number of benzene rings is 6. The molecule has 0 aromatic heterocycles. The van der Waals surface area contributed by atoms with E-state index in [1.54, 1.807) is 0 Å². The summed E-state index contributed by atoms with van der Waals surface area (Å²) < 4.78 is 0. The molecule has 0 atom stereocenters. The molecule has 198 valence electrons. The summed E-state index contributed by atoms with van der Waals surface area (Å²) in [6.45, 7) is 8.72. The van der Waals surface area contributed by atoms with E-state index in [0.29, 0.717) is 0 Å². The monoisotopic (exact) mass is 536 g/mol. The molecule has 0 amide bonds. The molecule has 0 bridgehead atoms. The molecule has 0 aliphatic rings. The van der Waals surface area contributed by atoms with Crippen molar-refractivity contribution in [2.75, 3.05) is 6.26 Å². The van der Waals surface area contributed by atoms with Crippen molar-refractivity contribution >= 4 is 22.5 Å². The molecule has 0 heterocycles. The summed E-state index contributed by atoms with van der Waals surface area (Å²) in [5, 5.41) is 2.61. The van der Waals surface area contributed by atoms with Gasteiger partial charge in [0, 0.05) is 4.90 Å². The minimum absolute atomic E-state index is 1.25. The van der Waals surface area contributed by atoms with Gasteiger partial charge in [0.05, 0.1) is 0 Å². The number of rotatable bonds is 4. The lowest BCUT2D eigenvalue weighted by Gasteiger charge is -2.15. The van der Waals surface area contributed by atoms with Gasteiger partial charge in [0.15, 0.2) is 0 Å². The summed E-state index contributed by atoms with van der Waals surface area (Å²) in [5.41, 5.74) is 13.1. The first-order valence-electron chi connectivity index (χ1n) is 13.8. The highest BCUT2D eigenvalue weighted by Crippen LogP contribution is 2.37. The maximum atomic E-state index is 2.33. The number of aryl methyl sites for hydroxylation is 4. The number of fused-ring (bicyclic) bond motifs is 1. The summed E-state index contributed by atoms with van der Waals surface area (Å²) in [6, 6.07) is 45.8. The van der Waals surface area contributed by atoms with E-state index in [1.807, 2.05) is 30.0 Å². The van der Waals surface area contributed by atoms with E-state index < -0.39 is 0 Å². The first-order valence-corrected chi connectivity index (χ1v) is 15.0. The number of hydrogen-bond acceptors (Lipinski definition) is 1. The highest BCUT2D eigenvalue weighted by molar-refractivity contribution is 7.98. The summed E-state index contributed by atoms with van der Waals surface area (Å²) >= 11 is 1.81. The molecule has 40 heavy (non-hydrogen) atoms. The van der Waals surface area contributed by atoms with Crippen LogP contribution in [0.25, 0.3) is 44.2 Å². The Morgan fingerprint density at radius 1 is 0.450 bits per heavy atom. The summed E-state index contributed by atoms with van der Waals surface area (Å²) in [4.78, 5) is 1.33. The fourth-order valence-corrected chi connectivity index (χ4v) is 6.10. The lowest BCUT2D eigenvalue weighted by molar-refractivity contribution is 1.36. The zero-order chi connectivity index (χ0) is 28.1. The Balaban J connectivity index is 0.000000403. The van der Waals surface area contributed by atoms with Gasteiger partial charge in [-0.15, -0.1) is 11.8 Å². The molecule has 0 spiro atoms. The topological polar surface area (TPSA) is 0 Å². The second kappa shape index (κ2) is 12.4. The Kier molecular flexibility index (Phi) is 8.53. The van der Waals surface area contributed by atoms with Crippen LogP contribution in [-0.4, -0.2) is 6.26 Å². The van der Waals surface area contributed by atoms with E-state index in [9.17, 15) is 0 Å². The van der Waals surface area contributed by atoms with Crippen LogP contribution in [0.15, 0.2) is 132 Å². The van der Waals surface area contributed by atoms with Crippen LogP contribution in [0.2, 0.25) is 0 Å². The van der Waals surface area contributed by atoms with Crippen molar-refractivity contribution in [3.63, 3.8) is 0 Å². The van der Waals surface area contributed by atoms with Gasteiger partial charge in [0.2, 0.25) is 0 Å². The second-order valence-corrected chi connectivity index (χ2v) is 11.2. The van der Waals surface area contributed by atoms with Gasteiger partial charge < -0.3 is 0 Å². The van der Waals surface area contributed by atoms with Gasteiger partial charge in [-0.25, -0.2) is 0 Å². The van der Waals surface area contributed by atoms with Crippen molar-refractivity contribution in [1.82, 2.24) is 0 Å². The third-order valence-electron chi connectivity index (χ3n) is 7.53. The third kappa shape index (κ3) is 5.91. The molecule has 0 aliphatic carbocycles. The van der Waals surface area contributed by atoms with Gasteiger partial charge in [0.1, 0.15) is 0 Å². The standard InChI is InChI=1S/C32H28S.C7H8/c1-21-8-7-11-30(33-4)31(21)26-16-14-24(15-17-26)27-18-19-28(23(3)20-27)32-22(2)12-13-25-9-5-6-10-29(25)32;1-7-5-3-2-4-6-7/h5-20H,1-4H3;2-6H,1H3. The SMILES string of the molecule is CSc1cccc(C)c1-c1ccc(-c2ccc(-c3c(C)ccc4ccccc34)c(C)c2)cc1.Cc1ccccc1. The van der Waals surface area contributed by atoms with Crippen LogP contribution in [0.4, 0.5) is 0 Å². The zero-order valence-corrected chi connectivity index (χ0v) is 24.8. The number of hydrogen-bond donors (Lipinski definition) is 0. The molecule has 0 N–H and O–H groups in total. The van der Waals surface area contributed by atoms with Crippen molar-refractivity contribution < 1.29 is 0 Å². The average Bonchev–Trinajstić information content (AvgIpc) is 2.98. The lowest BCUT2D eigenvalue weighted by atomic mass is 9.89. The Bertz CT molecular complexity index is 1740. The van der Waals surface area contributed by atoms with Gasteiger partial charge in [-0.3, -0.25) is 0 Å². The molecule has 0 fully saturated rings. The molecule has 0 radical (unpaired) electrons. The van der Waals surface area contributed by atoms with Crippen molar-refractivity contribution in [1.29, 1.82) is 0 Å². The van der Waals surface area contributed by atoms with E-state index in [2.05, 4.69) is 143 Å². The van der Waals surface area contributed by atoms with E-state index in [4.69, 9.17) is 0 Å². The van der Waals surface area contributed by atoms with E-state index in [-0.39, 0.29) is 0 Å². The van der Waals surface area contributed by atoms with Crippen LogP contribution in [0.5, 0.6) is 0 Å². The fourth-order valence-electron chi connectivity index (χ4n) is 5.41. The Morgan fingerprint density at radius 2 is 1.10 bits per heavy atom. The summed E-state index contributed by atoms with van der Waals surface area (Å²) in [5.74, 6) is 0. The minimum Gasteiger partial charge on any atom is -0.129 e. The first-order chi connectivity index (χ1) is 19.5. The van der Waals surface area contributed by atoms with E-state index in [0.717, 1.165) is 0 Å². The normalized spacial score (nSPS) is 10.7. The largest absolute Gasteiger partial charge is 0.129 e. The first kappa shape index (κ1) is 27.5. The van der Waals surface area contributed by atoms with Crippen LogP contribution in [0, 0.1) is 27.7 Å². The van der Waals surface area contributed by atoms with Crippen molar-refractivity contribution in [3.8, 4) is 33.4 Å². The van der Waals surface area contributed by atoms with Crippen LogP contribution >= 0.6 is 11.8 Å². The van der Waals surface area contributed by atoms with Gasteiger partial charge in [-0.05, 0) is 101 Å². The van der Waals surface area contributed by atoms with Gasteiger partial charge in [-0.1, -0.05) is 127 Å². The smallest absolute Gasteiger partial charge is 0.0150 e. The van der Waals surface area contributed by atoms with Gasteiger partial charge >= 0.3 is 0 Å². The number of thioether (sulfide) groups is 1. The Labute approximate surface area is 243 Å². The lowest BCUT2D eigenvalue weighted by Crippen LogP contribution is -1.91. The molecule has 6 aromatic rings. The van der Waals surface area contributed by atoms with E-state index >= 15 is 0 Å². The predicted molar refractivity (Wildman–Crippen MR) is 177 cm³/mol. The summed E-state index contributed by atoms with van der Waals surface area (Å²) in [6.07, 6.45) is 2.15. The van der Waals surface area contributed by atoms with Gasteiger partial charge in [0.25, 0.3) is 0 Å². The molecular formula is C39H36S. The molecule has 6 aromatic carbocycles. The van der Waals surface area contributed by atoms with Crippen LogP contribution < -0.4 is 0 Å². The van der Waals surface area contributed by atoms with E-state index in [1.165, 1.54) is 71.3 Å². The molecule has 0 nitrogen and oxygen atoms in total. The summed E-state index contributed by atoms with van der Waals surface area (Å²) in [7, 11) is 0. The van der Waals surface area contributed by atoms with Crippen LogP contribution in [0.3, 0.4) is 0 Å². The van der Waals surface area contributed by atoms with Gasteiger partial charge in [-0.2, -0.15) is 0 Å². The second-order valence-electron chi connectivity index (χ2n) is 10.4. The van der Waals surface area contributed by atoms with Crippen LogP contribution in [0.1, 0.15) is 22.3 Å². The fraction of sp³-hybridized carbons (Fsp3) is 0.128. The quantitative estimate of drug-likeness (QED) is 0.202. The van der Waals surface area contributed by atoms with Crippen molar-refractivity contribution in [2.24, 2.45) is 0 Å². The molecule has 1 heteroatoms. The molecule has 0 aliphatic heterocycles. The molecule has 0 saturated heterocycles. The molecular weight excluding hydrogens is 500 g/mol. The molecule has 6 rings (SSSR count). The Morgan fingerprint density at radius 3 is 1.77 bits per heavy atom. The predicted octanol–water partition coefficient (Wildman–Crippen LogP) is 11.5. The highest BCUT2D eigenvalue weighted by Gasteiger charge is 2.12. The van der Waals surface area contributed by atoms with Crippen LogP contribution in [-0.2, 0) is 0 Å². The minimum atomic E-state index is 1.25. The third-order valence-corrected chi connectivity index (χ3v) is 8.31. The molecule has 0 unspecified atom stereocenters. The highest BCUT2D eigenvalue weighted by atomic mass is 32.2. The maximum absolute atomic E-state index is 2.33. The van der Waals surface area contributed by atoms with Crippen molar-refractivity contribution in [2.45, 2.75) is 32.6 Å². The Hall–Kier alpha value is -4.07.